The van der Waals surface area contributed by atoms with Crippen LogP contribution in [0.15, 0.2) is 24.3 Å². The summed E-state index contributed by atoms with van der Waals surface area (Å²) >= 11 is 0. The lowest BCUT2D eigenvalue weighted by molar-refractivity contribution is 0.0593. The molecule has 22 heavy (non-hydrogen) atoms. The summed E-state index contributed by atoms with van der Waals surface area (Å²) in [6.45, 7) is 6.33. The number of benzene rings is 1. The Balaban J connectivity index is 1.92. The smallest absolute Gasteiger partial charge is 0.295 e. The second-order valence-corrected chi connectivity index (χ2v) is 5.89. The zero-order valence-corrected chi connectivity index (χ0v) is 12.7. The molecule has 7 heteroatoms. The third-order valence-electron chi connectivity index (χ3n) is 3.68. The van der Waals surface area contributed by atoms with Gasteiger partial charge in [-0.3, -0.25) is 4.79 Å². The van der Waals surface area contributed by atoms with Gasteiger partial charge in [-0.1, -0.05) is 0 Å². The normalized spacial score (nSPS) is 17.0. The molecule has 0 unspecified atom stereocenters. The number of halogens is 1. The summed E-state index contributed by atoms with van der Waals surface area (Å²) in [5, 5.41) is 4.26. The molecule has 1 aliphatic heterocycles. The molecule has 1 aliphatic rings. The Bertz CT molecular complexity index is 709. The summed E-state index contributed by atoms with van der Waals surface area (Å²) in [6, 6.07) is 5.87. The van der Waals surface area contributed by atoms with E-state index in [1.165, 1.54) is 16.8 Å². The average molecular weight is 304 g/mol. The van der Waals surface area contributed by atoms with E-state index in [0.717, 1.165) is 0 Å². The second kappa shape index (κ2) is 5.17. The molecule has 0 bridgehead atoms. The fraction of sp³-hybridized carbons (Fsp3) is 0.400. The first-order valence-corrected chi connectivity index (χ1v) is 6.98. The zero-order chi connectivity index (χ0) is 15.9. The molecular formula is C15H17FN4O2. The molecule has 0 aliphatic carbocycles. The zero-order valence-electron chi connectivity index (χ0n) is 12.7. The maximum absolute atomic E-state index is 13.0. The number of aryl methyl sites for hydroxylation is 1. The molecule has 1 saturated heterocycles. The molecule has 0 atom stereocenters. The third-order valence-corrected chi connectivity index (χ3v) is 3.68. The monoisotopic (exact) mass is 304 g/mol. The van der Waals surface area contributed by atoms with Crippen molar-refractivity contribution >= 4 is 5.91 Å². The minimum atomic E-state index is -0.383. The topological polar surface area (TPSA) is 60.3 Å². The number of aromatic nitrogens is 3. The molecule has 0 radical (unpaired) electrons. The summed E-state index contributed by atoms with van der Waals surface area (Å²) in [7, 11) is 0. The number of rotatable bonds is 2. The Morgan fingerprint density at radius 2 is 2.00 bits per heavy atom. The SMILES string of the molecule is Cc1nc(C(=O)N2COCC2(C)C)nn1-c1ccc(F)cc1. The number of carbonyl (C=O) groups is 1. The van der Waals surface area contributed by atoms with Gasteiger partial charge in [0.25, 0.3) is 5.91 Å². The second-order valence-electron chi connectivity index (χ2n) is 5.89. The highest BCUT2D eigenvalue weighted by molar-refractivity contribution is 5.91. The van der Waals surface area contributed by atoms with Crippen LogP contribution in [-0.2, 0) is 4.74 Å². The molecule has 2 aromatic rings. The van der Waals surface area contributed by atoms with Gasteiger partial charge in [-0.05, 0) is 45.0 Å². The summed E-state index contributed by atoms with van der Waals surface area (Å²) < 4.78 is 19.9. The lowest BCUT2D eigenvalue weighted by Crippen LogP contribution is -2.44. The largest absolute Gasteiger partial charge is 0.359 e. The van der Waals surface area contributed by atoms with Gasteiger partial charge in [0.1, 0.15) is 18.4 Å². The number of hydrogen-bond donors (Lipinski definition) is 0. The van der Waals surface area contributed by atoms with Gasteiger partial charge < -0.3 is 9.64 Å². The van der Waals surface area contributed by atoms with Crippen molar-refractivity contribution in [3.63, 3.8) is 0 Å². The summed E-state index contributed by atoms with van der Waals surface area (Å²) in [5.74, 6) is 0.0773. The lowest BCUT2D eigenvalue weighted by atomic mass is 10.1. The van der Waals surface area contributed by atoms with E-state index in [-0.39, 0.29) is 29.8 Å². The van der Waals surface area contributed by atoms with Gasteiger partial charge in [0.2, 0.25) is 5.82 Å². The first kappa shape index (κ1) is 14.6. The van der Waals surface area contributed by atoms with Crippen molar-refractivity contribution in [2.24, 2.45) is 0 Å². The summed E-state index contributed by atoms with van der Waals surface area (Å²) in [4.78, 5) is 18.4. The van der Waals surface area contributed by atoms with Crippen LogP contribution in [0, 0.1) is 12.7 Å². The fourth-order valence-electron chi connectivity index (χ4n) is 2.40. The molecule has 6 nitrogen and oxygen atoms in total. The van der Waals surface area contributed by atoms with Crippen molar-refractivity contribution in [3.8, 4) is 5.69 Å². The predicted octanol–water partition coefficient (Wildman–Crippen LogP) is 1.92. The molecule has 0 spiro atoms. The Kier molecular flexibility index (Phi) is 3.44. The van der Waals surface area contributed by atoms with Gasteiger partial charge in [-0.25, -0.2) is 14.1 Å². The van der Waals surface area contributed by atoms with Crippen LogP contribution in [0.25, 0.3) is 5.69 Å². The molecule has 1 amide bonds. The van der Waals surface area contributed by atoms with E-state index in [1.807, 2.05) is 13.8 Å². The van der Waals surface area contributed by atoms with Gasteiger partial charge >= 0.3 is 0 Å². The molecule has 1 fully saturated rings. The van der Waals surface area contributed by atoms with E-state index in [0.29, 0.717) is 18.1 Å². The molecule has 0 N–H and O–H groups in total. The van der Waals surface area contributed by atoms with Crippen LogP contribution in [0.1, 0.15) is 30.3 Å². The van der Waals surface area contributed by atoms with Crippen molar-refractivity contribution in [2.75, 3.05) is 13.3 Å². The van der Waals surface area contributed by atoms with E-state index in [1.54, 1.807) is 24.0 Å². The highest BCUT2D eigenvalue weighted by Crippen LogP contribution is 2.23. The van der Waals surface area contributed by atoms with Crippen molar-refractivity contribution in [3.05, 3.63) is 41.7 Å². The molecule has 2 heterocycles. The van der Waals surface area contributed by atoms with Gasteiger partial charge in [0.15, 0.2) is 0 Å². The van der Waals surface area contributed by atoms with E-state index in [2.05, 4.69) is 10.1 Å². The highest BCUT2D eigenvalue weighted by Gasteiger charge is 2.38. The van der Waals surface area contributed by atoms with Crippen LogP contribution >= 0.6 is 0 Å². The predicted molar refractivity (Wildman–Crippen MR) is 77.1 cm³/mol. The van der Waals surface area contributed by atoms with Crippen molar-refractivity contribution < 1.29 is 13.9 Å². The van der Waals surface area contributed by atoms with Crippen LogP contribution in [0.5, 0.6) is 0 Å². The maximum Gasteiger partial charge on any atom is 0.295 e. The Hall–Kier alpha value is -2.28. The van der Waals surface area contributed by atoms with Gasteiger partial charge in [0.05, 0.1) is 17.8 Å². The standard InChI is InChI=1S/C15H17FN4O2/c1-10-17-13(14(21)19-9-22-8-15(19,2)3)18-20(10)12-6-4-11(16)5-7-12/h4-7H,8-9H2,1-3H3. The number of nitrogens with zero attached hydrogens (tertiary/aromatic N) is 4. The van der Waals surface area contributed by atoms with Crippen molar-refractivity contribution in [1.29, 1.82) is 0 Å². The molecular weight excluding hydrogens is 287 g/mol. The lowest BCUT2D eigenvalue weighted by Gasteiger charge is -2.27. The molecule has 0 saturated carbocycles. The quantitative estimate of drug-likeness (QED) is 0.850. The van der Waals surface area contributed by atoms with E-state index in [4.69, 9.17) is 4.74 Å². The number of carbonyl (C=O) groups excluding carboxylic acids is 1. The maximum atomic E-state index is 13.0. The first-order chi connectivity index (χ1) is 10.4. The average Bonchev–Trinajstić information content (AvgIpc) is 3.02. The minimum absolute atomic E-state index is 0.111. The molecule has 1 aromatic heterocycles. The number of hydrogen-bond acceptors (Lipinski definition) is 4. The third kappa shape index (κ3) is 2.48. The van der Waals surface area contributed by atoms with E-state index < -0.39 is 0 Å². The molecule has 1 aromatic carbocycles. The van der Waals surface area contributed by atoms with Gasteiger partial charge in [-0.15, -0.1) is 5.10 Å². The molecule has 116 valence electrons. The van der Waals surface area contributed by atoms with E-state index >= 15 is 0 Å². The van der Waals surface area contributed by atoms with Crippen LogP contribution in [0.4, 0.5) is 4.39 Å². The number of amides is 1. The van der Waals surface area contributed by atoms with Gasteiger partial charge in [-0.2, -0.15) is 0 Å². The number of ether oxygens (including phenoxy) is 1. The van der Waals surface area contributed by atoms with Crippen LogP contribution in [-0.4, -0.2) is 44.4 Å². The summed E-state index contributed by atoms with van der Waals surface area (Å²) in [5.41, 5.74) is 0.272. The van der Waals surface area contributed by atoms with Crippen molar-refractivity contribution in [1.82, 2.24) is 19.7 Å². The summed E-state index contributed by atoms with van der Waals surface area (Å²) in [6.07, 6.45) is 0. The Labute approximate surface area is 127 Å². The minimum Gasteiger partial charge on any atom is -0.359 e. The van der Waals surface area contributed by atoms with Gasteiger partial charge in [0, 0.05) is 0 Å². The van der Waals surface area contributed by atoms with Crippen molar-refractivity contribution in [2.45, 2.75) is 26.3 Å². The van der Waals surface area contributed by atoms with Crippen LogP contribution in [0.2, 0.25) is 0 Å². The fourth-order valence-corrected chi connectivity index (χ4v) is 2.40. The molecule has 3 rings (SSSR count). The Morgan fingerprint density at radius 3 is 2.59 bits per heavy atom. The van der Waals surface area contributed by atoms with Crippen LogP contribution < -0.4 is 0 Å². The van der Waals surface area contributed by atoms with Crippen LogP contribution in [0.3, 0.4) is 0 Å². The van der Waals surface area contributed by atoms with E-state index in [9.17, 15) is 9.18 Å². The Morgan fingerprint density at radius 1 is 1.32 bits per heavy atom. The first-order valence-electron chi connectivity index (χ1n) is 6.98. The highest BCUT2D eigenvalue weighted by atomic mass is 19.1.